The first-order valence-corrected chi connectivity index (χ1v) is 7.46. The van der Waals surface area contributed by atoms with E-state index in [2.05, 4.69) is 61.8 Å². The smallest absolute Gasteiger partial charge is 0.0263 e. The van der Waals surface area contributed by atoms with E-state index >= 15 is 0 Å². The SMILES string of the molecule is CC(C)CCN(C)CC1Cc2ccccc2S1. The zero-order chi connectivity index (χ0) is 12.3. The Labute approximate surface area is 110 Å². The van der Waals surface area contributed by atoms with Gasteiger partial charge in [-0.25, -0.2) is 0 Å². The Bertz CT molecular complexity index is 337. The van der Waals surface area contributed by atoms with Gasteiger partial charge in [-0.2, -0.15) is 0 Å². The van der Waals surface area contributed by atoms with Gasteiger partial charge in [-0.05, 0) is 44.0 Å². The Balaban J connectivity index is 1.79. The van der Waals surface area contributed by atoms with Crippen LogP contribution in [0, 0.1) is 5.92 Å². The molecule has 0 N–H and O–H groups in total. The molecule has 0 spiro atoms. The van der Waals surface area contributed by atoms with Gasteiger partial charge in [0.15, 0.2) is 0 Å². The summed E-state index contributed by atoms with van der Waals surface area (Å²) < 4.78 is 0. The monoisotopic (exact) mass is 249 g/mol. The molecule has 0 saturated heterocycles. The molecule has 1 aliphatic heterocycles. The van der Waals surface area contributed by atoms with Crippen molar-refractivity contribution in [2.24, 2.45) is 5.92 Å². The molecule has 1 aromatic carbocycles. The number of thioether (sulfide) groups is 1. The van der Waals surface area contributed by atoms with Crippen LogP contribution >= 0.6 is 11.8 Å². The third-order valence-corrected chi connectivity index (χ3v) is 4.62. The van der Waals surface area contributed by atoms with Crippen molar-refractivity contribution in [3.63, 3.8) is 0 Å². The summed E-state index contributed by atoms with van der Waals surface area (Å²) in [4.78, 5) is 3.98. The van der Waals surface area contributed by atoms with Crippen LogP contribution in [0.25, 0.3) is 0 Å². The van der Waals surface area contributed by atoms with E-state index in [0.717, 1.165) is 11.2 Å². The maximum Gasteiger partial charge on any atom is 0.0263 e. The highest BCUT2D eigenvalue weighted by molar-refractivity contribution is 8.00. The fourth-order valence-corrected chi connectivity index (χ4v) is 3.68. The first-order valence-electron chi connectivity index (χ1n) is 6.58. The lowest BCUT2D eigenvalue weighted by Gasteiger charge is -2.21. The largest absolute Gasteiger partial charge is 0.305 e. The third-order valence-electron chi connectivity index (χ3n) is 3.32. The highest BCUT2D eigenvalue weighted by Gasteiger charge is 2.22. The molecule has 0 radical (unpaired) electrons. The number of benzene rings is 1. The van der Waals surface area contributed by atoms with Crippen LogP contribution in [0.5, 0.6) is 0 Å². The lowest BCUT2D eigenvalue weighted by atomic mass is 10.1. The lowest BCUT2D eigenvalue weighted by Crippen LogP contribution is -2.28. The second-order valence-corrected chi connectivity index (χ2v) is 6.84. The standard InChI is InChI=1S/C15H23NS/c1-12(2)8-9-16(3)11-14-10-13-6-4-5-7-15(13)17-14/h4-7,12,14H,8-11H2,1-3H3. The minimum atomic E-state index is 0.754. The van der Waals surface area contributed by atoms with Crippen molar-refractivity contribution in [2.45, 2.75) is 36.8 Å². The van der Waals surface area contributed by atoms with Gasteiger partial charge in [0.2, 0.25) is 0 Å². The van der Waals surface area contributed by atoms with Crippen molar-refractivity contribution >= 4 is 11.8 Å². The third kappa shape index (κ3) is 3.75. The minimum absolute atomic E-state index is 0.754. The van der Waals surface area contributed by atoms with Gasteiger partial charge in [0, 0.05) is 16.7 Å². The summed E-state index contributed by atoms with van der Waals surface area (Å²) in [5.41, 5.74) is 1.54. The van der Waals surface area contributed by atoms with Gasteiger partial charge < -0.3 is 4.90 Å². The van der Waals surface area contributed by atoms with Gasteiger partial charge in [0.1, 0.15) is 0 Å². The first kappa shape index (κ1) is 13.0. The van der Waals surface area contributed by atoms with Crippen molar-refractivity contribution in [1.29, 1.82) is 0 Å². The average Bonchev–Trinajstić information content (AvgIpc) is 2.68. The van der Waals surface area contributed by atoms with E-state index in [4.69, 9.17) is 0 Å². The second-order valence-electron chi connectivity index (χ2n) is 5.50. The molecule has 1 nitrogen and oxygen atoms in total. The molecular weight excluding hydrogens is 226 g/mol. The van der Waals surface area contributed by atoms with Gasteiger partial charge in [0.25, 0.3) is 0 Å². The van der Waals surface area contributed by atoms with Crippen molar-refractivity contribution in [3.8, 4) is 0 Å². The topological polar surface area (TPSA) is 3.24 Å². The Hall–Kier alpha value is -0.470. The number of rotatable bonds is 5. The summed E-state index contributed by atoms with van der Waals surface area (Å²) in [5.74, 6) is 0.811. The van der Waals surface area contributed by atoms with E-state index < -0.39 is 0 Å². The molecule has 17 heavy (non-hydrogen) atoms. The maximum atomic E-state index is 2.49. The predicted molar refractivity (Wildman–Crippen MR) is 76.7 cm³/mol. The lowest BCUT2D eigenvalue weighted by molar-refractivity contribution is 0.311. The number of hydrogen-bond donors (Lipinski definition) is 0. The van der Waals surface area contributed by atoms with Crippen LogP contribution in [0.2, 0.25) is 0 Å². The average molecular weight is 249 g/mol. The summed E-state index contributed by atoms with van der Waals surface area (Å²) in [6, 6.07) is 8.84. The molecule has 0 fully saturated rings. The summed E-state index contributed by atoms with van der Waals surface area (Å²) in [6.45, 7) is 7.04. The highest BCUT2D eigenvalue weighted by Crippen LogP contribution is 2.36. The normalized spacial score (nSPS) is 19.0. The number of fused-ring (bicyclic) bond motifs is 1. The van der Waals surface area contributed by atoms with Gasteiger partial charge in [-0.3, -0.25) is 0 Å². The zero-order valence-corrected chi connectivity index (χ0v) is 12.0. The molecule has 1 unspecified atom stereocenters. The summed E-state index contributed by atoms with van der Waals surface area (Å²) in [7, 11) is 2.26. The van der Waals surface area contributed by atoms with Gasteiger partial charge in [-0.15, -0.1) is 11.8 Å². The molecule has 1 atom stereocenters. The van der Waals surface area contributed by atoms with Crippen molar-refractivity contribution in [2.75, 3.05) is 20.1 Å². The summed E-state index contributed by atoms with van der Waals surface area (Å²) in [5, 5.41) is 0.754. The molecule has 1 aliphatic rings. The molecule has 0 aromatic heterocycles. The van der Waals surface area contributed by atoms with E-state index in [0.29, 0.717) is 0 Å². The molecule has 1 heterocycles. The predicted octanol–water partition coefficient (Wildman–Crippen LogP) is 3.68. The van der Waals surface area contributed by atoms with Crippen molar-refractivity contribution in [3.05, 3.63) is 29.8 Å². The second kappa shape index (κ2) is 5.92. The van der Waals surface area contributed by atoms with Crippen molar-refractivity contribution < 1.29 is 0 Å². The van der Waals surface area contributed by atoms with Crippen LogP contribution in [0.15, 0.2) is 29.2 Å². The molecule has 94 valence electrons. The quantitative estimate of drug-likeness (QED) is 0.783. The molecule has 0 bridgehead atoms. The fraction of sp³-hybridized carbons (Fsp3) is 0.600. The van der Waals surface area contributed by atoms with Crippen LogP contribution in [0.4, 0.5) is 0 Å². The van der Waals surface area contributed by atoms with Crippen LogP contribution in [0.3, 0.4) is 0 Å². The van der Waals surface area contributed by atoms with E-state index in [1.165, 1.54) is 30.8 Å². The molecule has 0 aliphatic carbocycles. The summed E-state index contributed by atoms with van der Waals surface area (Å²) in [6.07, 6.45) is 2.55. The van der Waals surface area contributed by atoms with E-state index in [-0.39, 0.29) is 0 Å². The summed E-state index contributed by atoms with van der Waals surface area (Å²) >= 11 is 2.06. The van der Waals surface area contributed by atoms with Crippen molar-refractivity contribution in [1.82, 2.24) is 4.90 Å². The molecule has 0 amide bonds. The Morgan fingerprint density at radius 1 is 1.35 bits per heavy atom. The Morgan fingerprint density at radius 2 is 2.12 bits per heavy atom. The first-order chi connectivity index (χ1) is 8.15. The van der Waals surface area contributed by atoms with Gasteiger partial charge >= 0.3 is 0 Å². The Morgan fingerprint density at radius 3 is 2.82 bits per heavy atom. The van der Waals surface area contributed by atoms with Gasteiger partial charge in [0.05, 0.1) is 0 Å². The number of hydrogen-bond acceptors (Lipinski definition) is 2. The molecule has 0 saturated carbocycles. The zero-order valence-electron chi connectivity index (χ0n) is 11.1. The Kier molecular flexibility index (Phi) is 4.52. The minimum Gasteiger partial charge on any atom is -0.305 e. The number of nitrogens with zero attached hydrogens (tertiary/aromatic N) is 1. The van der Waals surface area contributed by atoms with E-state index in [1.807, 2.05) is 0 Å². The van der Waals surface area contributed by atoms with Crippen LogP contribution < -0.4 is 0 Å². The molecule has 1 aromatic rings. The van der Waals surface area contributed by atoms with Crippen LogP contribution in [-0.2, 0) is 6.42 Å². The van der Waals surface area contributed by atoms with Crippen LogP contribution in [-0.4, -0.2) is 30.3 Å². The fourth-order valence-electron chi connectivity index (χ4n) is 2.27. The van der Waals surface area contributed by atoms with Gasteiger partial charge in [-0.1, -0.05) is 32.0 Å². The van der Waals surface area contributed by atoms with Crippen LogP contribution in [0.1, 0.15) is 25.8 Å². The molecule has 2 rings (SSSR count). The van der Waals surface area contributed by atoms with E-state index in [9.17, 15) is 0 Å². The highest BCUT2D eigenvalue weighted by atomic mass is 32.2. The van der Waals surface area contributed by atoms with E-state index in [1.54, 1.807) is 5.56 Å². The maximum absolute atomic E-state index is 2.49. The molecular formula is C15H23NS. The molecule has 2 heteroatoms.